The van der Waals surface area contributed by atoms with Crippen molar-refractivity contribution < 1.29 is 13.6 Å². The predicted octanol–water partition coefficient (Wildman–Crippen LogP) is 1.67. The third kappa shape index (κ3) is 8.00. The summed E-state index contributed by atoms with van der Waals surface area (Å²) in [5, 5.41) is 0. The zero-order valence-electron chi connectivity index (χ0n) is 8.05. The first kappa shape index (κ1) is 14.6. The second kappa shape index (κ2) is 8.92. The van der Waals surface area contributed by atoms with Gasteiger partial charge in [-0.25, -0.2) is 9.67 Å². The fraction of sp³-hybridized carbons (Fsp3) is 1.00. The van der Waals surface area contributed by atoms with Crippen LogP contribution in [-0.4, -0.2) is 25.3 Å². The zero-order chi connectivity index (χ0) is 11.0. The van der Waals surface area contributed by atoms with E-state index in [1.807, 2.05) is 0 Å². The van der Waals surface area contributed by atoms with Crippen LogP contribution >= 0.6 is 31.8 Å². The molecule has 0 saturated carbocycles. The lowest BCUT2D eigenvalue weighted by Crippen LogP contribution is -2.23. The minimum absolute atomic E-state index is 0.0715. The minimum atomic E-state index is -2.45. The van der Waals surface area contributed by atoms with Crippen molar-refractivity contribution in [2.45, 2.75) is 25.9 Å². The zero-order valence-corrected chi connectivity index (χ0v) is 10.6. The Morgan fingerprint density at radius 2 is 1.50 bits per heavy atom. The Hall–Kier alpha value is 0.650. The van der Waals surface area contributed by atoms with Gasteiger partial charge in [0.05, 0.1) is 13.2 Å². The number of hydrogen-bond donors (Lipinski definition) is 2. The molecular weight excluding hydrogens is 250 g/mol. The van der Waals surface area contributed by atoms with Gasteiger partial charge in [-0.2, -0.15) is 0 Å². The Morgan fingerprint density at radius 3 is 1.79 bits per heavy atom. The predicted molar refractivity (Wildman–Crippen MR) is 57.8 cm³/mol. The van der Waals surface area contributed by atoms with Gasteiger partial charge in [0, 0.05) is 12.1 Å². The normalized spacial score (nSPS) is 17.7. The number of nitrogens with one attached hydrogen (secondary N) is 2. The molecule has 0 radical (unpaired) electrons. The molecule has 0 spiro atoms. The maximum atomic E-state index is 11.1. The van der Waals surface area contributed by atoms with Crippen LogP contribution in [0.1, 0.15) is 13.8 Å². The molecule has 0 rings (SSSR count). The molecule has 0 aliphatic rings. The van der Waals surface area contributed by atoms with Crippen LogP contribution in [0.4, 0.5) is 0 Å². The Kier molecular flexibility index (Phi) is 9.33. The van der Waals surface area contributed by atoms with Crippen molar-refractivity contribution in [2.24, 2.45) is 0 Å². The molecule has 2 N–H and O–H groups in total. The lowest BCUT2D eigenvalue weighted by Gasteiger charge is -2.11. The summed E-state index contributed by atoms with van der Waals surface area (Å²) in [6, 6.07) is -0.143. The largest absolute Gasteiger partial charge is 0.319 e. The molecule has 5 nitrogen and oxygen atoms in total. The van der Waals surface area contributed by atoms with Crippen LogP contribution in [0.2, 0.25) is 0 Å². The third-order valence-corrected chi connectivity index (χ3v) is 2.82. The molecule has 0 amide bonds. The summed E-state index contributed by atoms with van der Waals surface area (Å²) in [6.45, 7) is 4.07. The van der Waals surface area contributed by atoms with Crippen molar-refractivity contribution in [3.8, 4) is 0 Å². The highest BCUT2D eigenvalue weighted by molar-refractivity contribution is 7.33. The van der Waals surface area contributed by atoms with Crippen molar-refractivity contribution in [3.63, 3.8) is 0 Å². The van der Waals surface area contributed by atoms with E-state index in [9.17, 15) is 4.57 Å². The highest BCUT2D eigenvalue weighted by Crippen LogP contribution is 2.23. The van der Waals surface area contributed by atoms with Crippen molar-refractivity contribution in [1.82, 2.24) is 9.67 Å². The fourth-order valence-corrected chi connectivity index (χ4v) is 1.47. The Morgan fingerprint density at radius 1 is 1.14 bits per heavy atom. The monoisotopic (exact) mass is 264 g/mol. The Bertz CT molecular complexity index is 159. The average molecular weight is 265 g/mol. The van der Waals surface area contributed by atoms with Crippen molar-refractivity contribution >= 4 is 31.8 Å². The van der Waals surface area contributed by atoms with Gasteiger partial charge >= 0.3 is 8.25 Å². The maximum Gasteiger partial charge on any atom is 0.319 e. The molecule has 0 fully saturated rings. The SMILES string of the molecule is CC(CO[PH](=O)OCC(C)NCl)NCl. The molecule has 0 aromatic rings. The molecular formula is C6H15Cl2N2O3P. The molecule has 0 aliphatic heterocycles. The van der Waals surface area contributed by atoms with E-state index in [0.29, 0.717) is 0 Å². The molecule has 0 saturated heterocycles. The van der Waals surface area contributed by atoms with Gasteiger partial charge in [0.2, 0.25) is 0 Å². The first-order valence-corrected chi connectivity index (χ1v) is 6.10. The Balaban J connectivity index is 3.46. The van der Waals surface area contributed by atoms with Gasteiger partial charge in [0.1, 0.15) is 0 Å². The molecule has 0 aliphatic carbocycles. The highest BCUT2D eigenvalue weighted by atomic mass is 35.5. The van der Waals surface area contributed by atoms with Gasteiger partial charge in [-0.05, 0) is 37.4 Å². The van der Waals surface area contributed by atoms with Gasteiger partial charge in [-0.15, -0.1) is 0 Å². The molecule has 8 heteroatoms. The molecule has 0 aromatic heterocycles. The lowest BCUT2D eigenvalue weighted by molar-refractivity contribution is 0.206. The Labute approximate surface area is 94.6 Å². The van der Waals surface area contributed by atoms with Gasteiger partial charge in [0.25, 0.3) is 0 Å². The maximum absolute atomic E-state index is 11.1. The number of hydrogen-bond acceptors (Lipinski definition) is 5. The molecule has 0 heterocycles. The quantitative estimate of drug-likeness (QED) is 0.516. The van der Waals surface area contributed by atoms with Crippen LogP contribution in [0.3, 0.4) is 0 Å². The van der Waals surface area contributed by atoms with Crippen LogP contribution < -0.4 is 9.67 Å². The minimum Gasteiger partial charge on any atom is -0.309 e. The number of rotatable bonds is 8. The van der Waals surface area contributed by atoms with Crippen LogP contribution in [0, 0.1) is 0 Å². The molecule has 2 unspecified atom stereocenters. The van der Waals surface area contributed by atoms with E-state index in [0.717, 1.165) is 0 Å². The summed E-state index contributed by atoms with van der Waals surface area (Å²) in [4.78, 5) is 4.86. The van der Waals surface area contributed by atoms with E-state index in [-0.39, 0.29) is 25.3 Å². The highest BCUT2D eigenvalue weighted by Gasteiger charge is 2.06. The summed E-state index contributed by atoms with van der Waals surface area (Å²) in [5.41, 5.74) is 0. The summed E-state index contributed by atoms with van der Waals surface area (Å²) in [5.74, 6) is 0. The first-order valence-electron chi connectivity index (χ1n) is 4.12. The third-order valence-electron chi connectivity index (χ3n) is 1.27. The van der Waals surface area contributed by atoms with Gasteiger partial charge in [-0.1, -0.05) is 0 Å². The molecule has 0 aromatic carbocycles. The van der Waals surface area contributed by atoms with Crippen molar-refractivity contribution in [2.75, 3.05) is 13.2 Å². The van der Waals surface area contributed by atoms with E-state index in [4.69, 9.17) is 32.6 Å². The summed E-state index contributed by atoms with van der Waals surface area (Å²) in [7, 11) is -2.45. The van der Waals surface area contributed by atoms with E-state index in [1.165, 1.54) is 0 Å². The molecule has 86 valence electrons. The smallest absolute Gasteiger partial charge is 0.309 e. The molecule has 0 bridgehead atoms. The first-order chi connectivity index (χ1) is 6.60. The van der Waals surface area contributed by atoms with Gasteiger partial charge < -0.3 is 9.05 Å². The average Bonchev–Trinajstić information content (AvgIpc) is 2.22. The van der Waals surface area contributed by atoms with Crippen molar-refractivity contribution in [3.05, 3.63) is 0 Å². The standard InChI is InChI=1S/C6H15Cl2N2O3P/c1-5(9-7)3-12-14(11)13-4-6(2)10-8/h5-6,9-10,14H,3-4H2,1-2H3. The summed E-state index contributed by atoms with van der Waals surface area (Å²) >= 11 is 10.6. The van der Waals surface area contributed by atoms with E-state index < -0.39 is 8.25 Å². The van der Waals surface area contributed by atoms with Gasteiger partial charge in [-0.3, -0.25) is 4.57 Å². The van der Waals surface area contributed by atoms with E-state index >= 15 is 0 Å². The lowest BCUT2D eigenvalue weighted by atomic mass is 10.4. The van der Waals surface area contributed by atoms with Crippen molar-refractivity contribution in [1.29, 1.82) is 0 Å². The summed E-state index contributed by atoms with van der Waals surface area (Å²) in [6.07, 6.45) is 0. The summed E-state index contributed by atoms with van der Waals surface area (Å²) < 4.78 is 20.9. The molecule has 14 heavy (non-hydrogen) atoms. The fourth-order valence-electron chi connectivity index (χ4n) is 0.491. The van der Waals surface area contributed by atoms with Crippen LogP contribution in [0.25, 0.3) is 0 Å². The van der Waals surface area contributed by atoms with Gasteiger partial charge in [0.15, 0.2) is 0 Å². The van der Waals surface area contributed by atoms with E-state index in [2.05, 4.69) is 9.67 Å². The number of halogens is 2. The van der Waals surface area contributed by atoms with E-state index in [1.54, 1.807) is 13.8 Å². The second-order valence-electron chi connectivity index (χ2n) is 2.89. The van der Waals surface area contributed by atoms with Crippen LogP contribution in [0.15, 0.2) is 0 Å². The topological polar surface area (TPSA) is 59.6 Å². The second-order valence-corrected chi connectivity index (χ2v) is 4.41. The van der Waals surface area contributed by atoms with Crippen LogP contribution in [-0.2, 0) is 13.6 Å². The van der Waals surface area contributed by atoms with Crippen LogP contribution in [0.5, 0.6) is 0 Å². The molecule has 2 atom stereocenters.